The van der Waals surface area contributed by atoms with Crippen LogP contribution in [0.15, 0.2) is 54.9 Å². The maximum Gasteiger partial charge on any atom is 0.251 e. The van der Waals surface area contributed by atoms with Crippen molar-refractivity contribution in [2.45, 2.75) is 51.7 Å². The smallest absolute Gasteiger partial charge is 0.251 e. The van der Waals surface area contributed by atoms with Crippen molar-refractivity contribution in [3.8, 4) is 0 Å². The predicted molar refractivity (Wildman–Crippen MR) is 120 cm³/mol. The molecule has 5 heteroatoms. The van der Waals surface area contributed by atoms with E-state index in [9.17, 15) is 4.79 Å². The van der Waals surface area contributed by atoms with Crippen molar-refractivity contribution in [1.82, 2.24) is 14.8 Å². The summed E-state index contributed by atoms with van der Waals surface area (Å²) >= 11 is 0. The summed E-state index contributed by atoms with van der Waals surface area (Å²) in [5.41, 5.74) is 2.37. The van der Waals surface area contributed by atoms with Gasteiger partial charge in [0.1, 0.15) is 6.10 Å². The first-order valence-electron chi connectivity index (χ1n) is 10.8. The van der Waals surface area contributed by atoms with E-state index in [2.05, 4.69) is 46.3 Å². The van der Waals surface area contributed by atoms with Crippen LogP contribution in [-0.4, -0.2) is 65.1 Å². The second-order valence-electron chi connectivity index (χ2n) is 8.39. The number of carbonyl (C=O) groups is 1. The third-order valence-electron chi connectivity index (χ3n) is 6.29. The number of aromatic nitrogens is 1. The number of rotatable bonds is 6. The molecule has 1 spiro atoms. The SMILES string of the molecule is C.CC1OC2(CCN(CCc3ccccc3)CC2)CN(CCc2cccnc2)C1=O. The Kier molecular flexibility index (Phi) is 7.62. The van der Waals surface area contributed by atoms with E-state index in [0.717, 1.165) is 51.9 Å². The van der Waals surface area contributed by atoms with Gasteiger partial charge in [-0.3, -0.25) is 9.78 Å². The largest absolute Gasteiger partial charge is 0.360 e. The fourth-order valence-corrected chi connectivity index (χ4v) is 4.54. The van der Waals surface area contributed by atoms with Crippen LogP contribution in [0, 0.1) is 0 Å². The topological polar surface area (TPSA) is 45.7 Å². The molecule has 1 atom stereocenters. The summed E-state index contributed by atoms with van der Waals surface area (Å²) in [6.45, 7) is 6.50. The van der Waals surface area contributed by atoms with Crippen molar-refractivity contribution < 1.29 is 9.53 Å². The first kappa shape index (κ1) is 22.4. The van der Waals surface area contributed by atoms with Crippen molar-refractivity contribution in [1.29, 1.82) is 0 Å². The summed E-state index contributed by atoms with van der Waals surface area (Å²) in [7, 11) is 0. The van der Waals surface area contributed by atoms with Gasteiger partial charge in [-0.15, -0.1) is 0 Å². The molecule has 162 valence electrons. The second-order valence-corrected chi connectivity index (χ2v) is 8.39. The molecule has 0 N–H and O–H groups in total. The van der Waals surface area contributed by atoms with Crippen molar-refractivity contribution in [3.05, 3.63) is 66.0 Å². The highest BCUT2D eigenvalue weighted by atomic mass is 16.5. The van der Waals surface area contributed by atoms with Crippen molar-refractivity contribution in [2.75, 3.05) is 32.7 Å². The number of pyridine rings is 1. The highest BCUT2D eigenvalue weighted by Gasteiger charge is 2.44. The minimum absolute atomic E-state index is 0. The maximum absolute atomic E-state index is 12.7. The molecule has 0 radical (unpaired) electrons. The van der Waals surface area contributed by atoms with Gasteiger partial charge in [-0.05, 0) is 49.8 Å². The number of likely N-dealkylation sites (tertiary alicyclic amines) is 1. The van der Waals surface area contributed by atoms with E-state index in [1.165, 1.54) is 11.1 Å². The zero-order valence-electron chi connectivity index (χ0n) is 17.3. The quantitative estimate of drug-likeness (QED) is 0.732. The van der Waals surface area contributed by atoms with Crippen LogP contribution in [0.2, 0.25) is 0 Å². The van der Waals surface area contributed by atoms with Gasteiger partial charge < -0.3 is 14.5 Å². The molecule has 0 aliphatic carbocycles. The Bertz CT molecular complexity index is 789. The van der Waals surface area contributed by atoms with E-state index in [1.54, 1.807) is 6.20 Å². The summed E-state index contributed by atoms with van der Waals surface area (Å²) in [4.78, 5) is 21.4. The number of carbonyl (C=O) groups excluding carboxylic acids is 1. The van der Waals surface area contributed by atoms with E-state index in [0.29, 0.717) is 6.54 Å². The standard InChI is InChI=1S/C24H31N3O2.CH4/c1-20-23(28)27(15-10-22-8-5-13-25-18-22)19-24(29-20)11-16-26(17-12-24)14-9-21-6-3-2-4-7-21;/h2-8,13,18,20H,9-12,14-17,19H2,1H3;1H4. The summed E-state index contributed by atoms with van der Waals surface area (Å²) in [6.07, 6.45) is 7.22. The molecule has 1 aromatic heterocycles. The average Bonchev–Trinajstić information content (AvgIpc) is 2.76. The Hall–Kier alpha value is -2.24. The fourth-order valence-electron chi connectivity index (χ4n) is 4.54. The van der Waals surface area contributed by atoms with E-state index in [-0.39, 0.29) is 25.0 Å². The molecule has 0 saturated carbocycles. The number of nitrogens with zero attached hydrogens (tertiary/aromatic N) is 3. The molecular formula is C25H35N3O2. The Morgan fingerprint density at radius 2 is 1.73 bits per heavy atom. The van der Waals surface area contributed by atoms with Gasteiger partial charge in [-0.1, -0.05) is 43.8 Å². The number of amides is 1. The fraction of sp³-hybridized carbons (Fsp3) is 0.520. The van der Waals surface area contributed by atoms with Crippen molar-refractivity contribution in [2.24, 2.45) is 0 Å². The third kappa shape index (κ3) is 5.46. The van der Waals surface area contributed by atoms with Crippen molar-refractivity contribution in [3.63, 3.8) is 0 Å². The van der Waals surface area contributed by atoms with Gasteiger partial charge in [0.2, 0.25) is 0 Å². The van der Waals surface area contributed by atoms with Crippen LogP contribution in [0.25, 0.3) is 0 Å². The zero-order valence-corrected chi connectivity index (χ0v) is 17.3. The van der Waals surface area contributed by atoms with Crippen LogP contribution in [0.5, 0.6) is 0 Å². The van der Waals surface area contributed by atoms with Gasteiger partial charge in [-0.2, -0.15) is 0 Å². The lowest BCUT2D eigenvalue weighted by Gasteiger charge is -2.49. The number of hydrogen-bond donors (Lipinski definition) is 0. The highest BCUT2D eigenvalue weighted by Crippen LogP contribution is 2.33. The molecular weight excluding hydrogens is 374 g/mol. The summed E-state index contributed by atoms with van der Waals surface area (Å²) in [5.74, 6) is 0.117. The molecule has 2 fully saturated rings. The zero-order chi connectivity index (χ0) is 20.1. The molecule has 2 saturated heterocycles. The van der Waals surface area contributed by atoms with E-state index in [4.69, 9.17) is 4.74 Å². The average molecular weight is 410 g/mol. The van der Waals surface area contributed by atoms with Crippen LogP contribution >= 0.6 is 0 Å². The normalized spacial score (nSPS) is 21.4. The first-order chi connectivity index (χ1) is 14.1. The first-order valence-corrected chi connectivity index (χ1v) is 10.8. The Morgan fingerprint density at radius 3 is 2.43 bits per heavy atom. The number of morpholine rings is 1. The van der Waals surface area contributed by atoms with Gasteiger partial charge in [0.25, 0.3) is 5.91 Å². The molecule has 2 aromatic rings. The summed E-state index contributed by atoms with van der Waals surface area (Å²) in [6, 6.07) is 14.7. The Balaban J connectivity index is 0.00000256. The van der Waals surface area contributed by atoms with Crippen LogP contribution < -0.4 is 0 Å². The van der Waals surface area contributed by atoms with Crippen LogP contribution in [-0.2, 0) is 22.4 Å². The van der Waals surface area contributed by atoms with Gasteiger partial charge in [-0.25, -0.2) is 0 Å². The molecule has 1 aromatic carbocycles. The minimum atomic E-state index is -0.353. The lowest BCUT2D eigenvalue weighted by Crippen LogP contribution is -2.61. The summed E-state index contributed by atoms with van der Waals surface area (Å²) < 4.78 is 6.29. The van der Waals surface area contributed by atoms with Crippen molar-refractivity contribution >= 4 is 5.91 Å². The molecule has 2 aliphatic heterocycles. The minimum Gasteiger partial charge on any atom is -0.360 e. The van der Waals surface area contributed by atoms with Crippen LogP contribution in [0.4, 0.5) is 0 Å². The predicted octanol–water partition coefficient (Wildman–Crippen LogP) is 3.58. The van der Waals surface area contributed by atoms with Crippen LogP contribution in [0.1, 0.15) is 38.3 Å². The van der Waals surface area contributed by atoms with E-state index in [1.807, 2.05) is 24.1 Å². The third-order valence-corrected chi connectivity index (χ3v) is 6.29. The molecule has 3 heterocycles. The van der Waals surface area contributed by atoms with Gasteiger partial charge in [0.15, 0.2) is 0 Å². The monoisotopic (exact) mass is 409 g/mol. The molecule has 5 nitrogen and oxygen atoms in total. The van der Waals surface area contributed by atoms with Gasteiger partial charge in [0.05, 0.1) is 5.60 Å². The molecule has 1 unspecified atom stereocenters. The highest BCUT2D eigenvalue weighted by molar-refractivity contribution is 5.81. The maximum atomic E-state index is 12.7. The lowest BCUT2D eigenvalue weighted by atomic mass is 9.88. The molecule has 4 rings (SSSR count). The van der Waals surface area contributed by atoms with E-state index < -0.39 is 0 Å². The molecule has 0 bridgehead atoms. The number of hydrogen-bond acceptors (Lipinski definition) is 4. The van der Waals surface area contributed by atoms with Gasteiger partial charge in [0, 0.05) is 45.1 Å². The molecule has 30 heavy (non-hydrogen) atoms. The molecule has 2 aliphatic rings. The Labute approximate surface area is 181 Å². The lowest BCUT2D eigenvalue weighted by molar-refractivity contribution is -0.189. The van der Waals surface area contributed by atoms with E-state index >= 15 is 0 Å². The van der Waals surface area contributed by atoms with Gasteiger partial charge >= 0.3 is 0 Å². The number of ether oxygens (including phenoxy) is 1. The number of piperidine rings is 1. The molecule has 1 amide bonds. The Morgan fingerprint density at radius 1 is 1.03 bits per heavy atom. The second kappa shape index (κ2) is 10.2. The summed E-state index contributed by atoms with van der Waals surface area (Å²) in [5, 5.41) is 0. The number of benzene rings is 1. The van der Waals surface area contributed by atoms with Crippen LogP contribution in [0.3, 0.4) is 0 Å².